The number of alkyl halides is 1. The Labute approximate surface area is 248 Å². The molecule has 0 radical (unpaired) electrons. The Bertz CT molecular complexity index is 1340. The summed E-state index contributed by atoms with van der Waals surface area (Å²) in [6, 6.07) is 0. The van der Waals surface area contributed by atoms with Crippen molar-refractivity contribution in [3.63, 3.8) is 0 Å². The first-order chi connectivity index (χ1) is 20.4. The molecule has 1 unspecified atom stereocenters. The number of aliphatic hydroxyl groups is 3. The molecule has 0 saturated heterocycles. The molecule has 0 aliphatic heterocycles. The molecule has 4 rings (SSSR count). The van der Waals surface area contributed by atoms with Gasteiger partial charge >= 0.3 is 5.97 Å². The number of carbonyl (C=O) groups excluding carboxylic acids is 4. The van der Waals surface area contributed by atoms with Crippen molar-refractivity contribution in [1.82, 2.24) is 5.32 Å². The molecule has 9 atom stereocenters. The molecule has 0 spiro atoms. The second kappa shape index (κ2) is 11.5. The molecule has 2 fully saturated rings. The largest absolute Gasteiger partial charge is 0.456 e. The highest BCUT2D eigenvalue weighted by Gasteiger charge is 2.76. The first-order valence-electron chi connectivity index (χ1n) is 13.7. The predicted octanol–water partition coefficient (Wildman–Crippen LogP) is -0.927. The Hall–Kier alpha value is -4.03. The molecule has 4 aliphatic rings. The molecule has 2 saturated carbocycles. The molecule has 1 amide bonds. The van der Waals surface area contributed by atoms with Gasteiger partial charge in [0.1, 0.15) is 13.2 Å². The average Bonchev–Trinajstić information content (AvgIpc) is 3.14. The van der Waals surface area contributed by atoms with Crippen molar-refractivity contribution in [3.05, 3.63) is 44.0 Å². The van der Waals surface area contributed by atoms with Crippen molar-refractivity contribution >= 4 is 23.4 Å². The maximum Gasteiger partial charge on any atom is 0.325 e. The van der Waals surface area contributed by atoms with Gasteiger partial charge in [-0.15, -0.1) is 20.2 Å². The van der Waals surface area contributed by atoms with Crippen molar-refractivity contribution in [1.29, 1.82) is 0 Å². The van der Waals surface area contributed by atoms with Crippen molar-refractivity contribution in [2.24, 2.45) is 22.7 Å². The van der Waals surface area contributed by atoms with Crippen LogP contribution in [0.2, 0.25) is 0 Å². The number of hydrogen-bond acceptors (Lipinski definition) is 14. The normalized spacial score (nSPS) is 37.8. The van der Waals surface area contributed by atoms with E-state index in [1.54, 1.807) is 13.0 Å². The van der Waals surface area contributed by atoms with Crippen molar-refractivity contribution in [2.45, 2.75) is 69.1 Å². The van der Waals surface area contributed by atoms with Gasteiger partial charge in [0.2, 0.25) is 11.9 Å². The molecule has 0 aromatic rings. The van der Waals surface area contributed by atoms with Crippen LogP contribution in [-0.2, 0) is 33.6 Å². The highest BCUT2D eigenvalue weighted by molar-refractivity contribution is 5.94. The standard InChI is InChI=1S/C26H32FN3O14/c1-23-6-5-14(31)7-13(23)3-4-15-16-8-18(32)26(37,24(16,2)9-19(33)25(15,23)27)20(34)12-42-21(35)10-28-22(36)17(44-30(40)41)11-43-29(38)39/h3,5-6,15-19,32-33,37H,4,7-12H2,1-2H3,(H,28,36)/t15-,16-,17?,18+,19-,23-,24-,25-,26-/m0/s1. The minimum absolute atomic E-state index is 0.00696. The highest BCUT2D eigenvalue weighted by Crippen LogP contribution is 2.69. The van der Waals surface area contributed by atoms with Gasteiger partial charge in [-0.05, 0) is 38.2 Å². The van der Waals surface area contributed by atoms with E-state index in [-0.39, 0.29) is 25.0 Å². The Balaban J connectivity index is 1.45. The molecule has 4 aliphatic carbocycles. The summed E-state index contributed by atoms with van der Waals surface area (Å²) >= 11 is 0. The maximum absolute atomic E-state index is 17.2. The lowest BCUT2D eigenvalue weighted by atomic mass is 9.45. The van der Waals surface area contributed by atoms with Gasteiger partial charge in [-0.25, -0.2) is 4.39 Å². The van der Waals surface area contributed by atoms with Crippen LogP contribution in [0.5, 0.6) is 0 Å². The Morgan fingerprint density at radius 2 is 1.84 bits per heavy atom. The van der Waals surface area contributed by atoms with Crippen LogP contribution >= 0.6 is 0 Å². The van der Waals surface area contributed by atoms with Gasteiger partial charge in [0, 0.05) is 23.2 Å². The number of halogens is 1. The summed E-state index contributed by atoms with van der Waals surface area (Å²) in [6.07, 6.45) is -1.68. The average molecular weight is 630 g/mol. The molecule has 18 heteroatoms. The van der Waals surface area contributed by atoms with Gasteiger partial charge in [-0.3, -0.25) is 24.0 Å². The number of nitrogens with zero attached hydrogens (tertiary/aromatic N) is 2. The van der Waals surface area contributed by atoms with Gasteiger partial charge in [0.15, 0.2) is 23.7 Å². The zero-order chi connectivity index (χ0) is 32.8. The molecule has 44 heavy (non-hydrogen) atoms. The number of nitrogens with one attached hydrogen (secondary N) is 1. The summed E-state index contributed by atoms with van der Waals surface area (Å²) in [5.74, 6) is -5.73. The van der Waals surface area contributed by atoms with E-state index >= 15 is 4.39 Å². The number of allylic oxidation sites excluding steroid dienone is 4. The van der Waals surface area contributed by atoms with E-state index in [1.165, 1.54) is 19.1 Å². The number of aliphatic hydroxyl groups excluding tert-OH is 2. The number of carbonyl (C=O) groups is 4. The minimum atomic E-state index is -2.57. The molecular weight excluding hydrogens is 597 g/mol. The third-order valence-electron chi connectivity index (χ3n) is 9.86. The van der Waals surface area contributed by atoms with E-state index in [2.05, 4.69) is 9.68 Å². The van der Waals surface area contributed by atoms with Crippen LogP contribution in [0.3, 0.4) is 0 Å². The van der Waals surface area contributed by atoms with Gasteiger partial charge in [-0.2, -0.15) is 0 Å². The summed E-state index contributed by atoms with van der Waals surface area (Å²) < 4.78 is 22.0. The van der Waals surface area contributed by atoms with E-state index in [9.17, 15) is 54.7 Å². The van der Waals surface area contributed by atoms with Crippen LogP contribution in [0.15, 0.2) is 23.8 Å². The number of ketones is 2. The summed E-state index contributed by atoms with van der Waals surface area (Å²) in [5, 5.41) is 54.0. The molecule has 242 valence electrons. The van der Waals surface area contributed by atoms with E-state index in [0.717, 1.165) is 0 Å². The fourth-order valence-corrected chi connectivity index (χ4v) is 7.60. The zero-order valence-electron chi connectivity index (χ0n) is 23.7. The van der Waals surface area contributed by atoms with Crippen LogP contribution < -0.4 is 5.32 Å². The van der Waals surface area contributed by atoms with E-state index in [1.807, 2.05) is 5.32 Å². The number of ether oxygens (including phenoxy) is 1. The molecular formula is C26H32FN3O14. The van der Waals surface area contributed by atoms with Crippen LogP contribution in [0.4, 0.5) is 4.39 Å². The molecule has 17 nitrogen and oxygen atoms in total. The van der Waals surface area contributed by atoms with Crippen LogP contribution in [0.25, 0.3) is 0 Å². The fourth-order valence-electron chi connectivity index (χ4n) is 7.60. The minimum Gasteiger partial charge on any atom is -0.456 e. The second-order valence-electron chi connectivity index (χ2n) is 11.9. The third kappa shape index (κ3) is 5.09. The number of rotatable bonds is 11. The van der Waals surface area contributed by atoms with Gasteiger partial charge in [0.05, 0.1) is 12.2 Å². The van der Waals surface area contributed by atoms with Crippen molar-refractivity contribution in [2.75, 3.05) is 19.8 Å². The quantitative estimate of drug-likeness (QED) is 0.0933. The third-order valence-corrected chi connectivity index (χ3v) is 9.86. The lowest BCUT2D eigenvalue weighted by molar-refractivity contribution is -0.786. The fraction of sp³-hybridized carbons (Fsp3) is 0.692. The first kappa shape index (κ1) is 32.9. The molecule has 4 N–H and O–H groups in total. The van der Waals surface area contributed by atoms with E-state index in [4.69, 9.17) is 4.74 Å². The highest BCUT2D eigenvalue weighted by atomic mass is 19.1. The maximum atomic E-state index is 17.2. The topological polar surface area (TPSA) is 255 Å². The summed E-state index contributed by atoms with van der Waals surface area (Å²) in [5.41, 5.74) is -7.23. The second-order valence-corrected chi connectivity index (χ2v) is 11.9. The first-order valence-corrected chi connectivity index (χ1v) is 13.7. The Morgan fingerprint density at radius 3 is 2.48 bits per heavy atom. The Kier molecular flexibility index (Phi) is 8.57. The molecule has 0 heterocycles. The Morgan fingerprint density at radius 1 is 1.16 bits per heavy atom. The number of esters is 1. The summed E-state index contributed by atoms with van der Waals surface area (Å²) in [6.45, 7) is -0.214. The van der Waals surface area contributed by atoms with Gasteiger partial charge in [0.25, 0.3) is 16.1 Å². The smallest absolute Gasteiger partial charge is 0.325 e. The van der Waals surface area contributed by atoms with Gasteiger partial charge in [-0.1, -0.05) is 24.6 Å². The SMILES string of the molecule is C[C@]12C=CC(=O)CC1=CC[C@H]1[C@@H]3C[C@@H](O)[C@](O)(C(=O)COC(=O)CNC(=O)C(CO[N+](=O)[O-])O[N+](=O)[O-])[C@@]3(C)C[C@H](O)[C@@]12F. The van der Waals surface area contributed by atoms with Gasteiger partial charge < -0.3 is 30.2 Å². The van der Waals surface area contributed by atoms with Crippen molar-refractivity contribution in [3.8, 4) is 0 Å². The predicted molar refractivity (Wildman–Crippen MR) is 138 cm³/mol. The molecule has 0 bridgehead atoms. The van der Waals surface area contributed by atoms with Crippen LogP contribution in [0.1, 0.15) is 39.5 Å². The number of hydrogen-bond donors (Lipinski definition) is 4. The zero-order valence-corrected chi connectivity index (χ0v) is 23.7. The summed E-state index contributed by atoms with van der Waals surface area (Å²) in [7, 11) is 0. The molecule has 0 aromatic heterocycles. The monoisotopic (exact) mass is 629 g/mol. The number of amides is 1. The number of Topliss-reactive ketones (excluding diaryl/α,β-unsaturated/α-hetero) is 1. The summed E-state index contributed by atoms with van der Waals surface area (Å²) in [4.78, 5) is 78.4. The van der Waals surface area contributed by atoms with Crippen LogP contribution in [-0.4, -0.2) is 98.3 Å². The van der Waals surface area contributed by atoms with Crippen LogP contribution in [0, 0.1) is 42.9 Å². The lowest BCUT2D eigenvalue weighted by Crippen LogP contribution is -2.69. The van der Waals surface area contributed by atoms with E-state index < -0.39 is 106 Å². The lowest BCUT2D eigenvalue weighted by Gasteiger charge is -2.61. The van der Waals surface area contributed by atoms with E-state index in [0.29, 0.717) is 5.57 Å². The molecule has 0 aromatic carbocycles. The number of fused-ring (bicyclic) bond motifs is 5. The van der Waals surface area contributed by atoms with Crippen molar-refractivity contribution < 1.29 is 63.5 Å².